The molecule has 0 aliphatic carbocycles. The van der Waals surface area contributed by atoms with Crippen molar-refractivity contribution in [3.8, 4) is 6.07 Å². The maximum absolute atomic E-state index is 13.2. The molecule has 0 spiro atoms. The van der Waals surface area contributed by atoms with Gasteiger partial charge in [0, 0.05) is 24.3 Å². The number of amides is 2. The van der Waals surface area contributed by atoms with E-state index in [0.717, 1.165) is 0 Å². The van der Waals surface area contributed by atoms with Gasteiger partial charge in [-0.05, 0) is 42.5 Å². The molecule has 1 aliphatic rings. The molecule has 0 radical (unpaired) electrons. The van der Waals surface area contributed by atoms with E-state index in [4.69, 9.17) is 16.9 Å². The van der Waals surface area contributed by atoms with Crippen LogP contribution in [0.2, 0.25) is 5.02 Å². The lowest BCUT2D eigenvalue weighted by molar-refractivity contribution is -0.122. The zero-order valence-corrected chi connectivity index (χ0v) is 13.8. The van der Waals surface area contributed by atoms with Crippen LogP contribution in [-0.2, 0) is 9.59 Å². The highest BCUT2D eigenvalue weighted by Crippen LogP contribution is 2.27. The van der Waals surface area contributed by atoms with Crippen LogP contribution in [0.1, 0.15) is 12.0 Å². The molecule has 1 N–H and O–H groups in total. The number of hydrogen-bond donors (Lipinski definition) is 1. The van der Waals surface area contributed by atoms with Crippen LogP contribution in [0.3, 0.4) is 0 Å². The van der Waals surface area contributed by atoms with Crippen molar-refractivity contribution < 1.29 is 14.0 Å². The van der Waals surface area contributed by atoms with Crippen molar-refractivity contribution in [3.63, 3.8) is 0 Å². The standard InChI is InChI=1S/C18H13ClFN3O2/c19-15-8-13(3-6-16(15)20)22-18(25)12-7-17(24)23(10-12)14-4-1-11(9-21)2-5-14/h1-6,8,12H,7,10H2,(H,22,25). The summed E-state index contributed by atoms with van der Waals surface area (Å²) in [4.78, 5) is 26.1. The van der Waals surface area contributed by atoms with Crippen molar-refractivity contribution in [2.75, 3.05) is 16.8 Å². The number of nitrogens with zero attached hydrogens (tertiary/aromatic N) is 2. The van der Waals surface area contributed by atoms with Gasteiger partial charge in [0.1, 0.15) is 5.82 Å². The van der Waals surface area contributed by atoms with Gasteiger partial charge in [-0.2, -0.15) is 5.26 Å². The topological polar surface area (TPSA) is 73.2 Å². The van der Waals surface area contributed by atoms with E-state index in [2.05, 4.69) is 5.32 Å². The number of benzene rings is 2. The van der Waals surface area contributed by atoms with Gasteiger partial charge in [0.05, 0.1) is 22.6 Å². The van der Waals surface area contributed by atoms with Crippen molar-refractivity contribution in [1.82, 2.24) is 0 Å². The second-order valence-electron chi connectivity index (χ2n) is 5.68. The first-order valence-corrected chi connectivity index (χ1v) is 7.92. The van der Waals surface area contributed by atoms with Gasteiger partial charge in [-0.15, -0.1) is 0 Å². The molecule has 2 aromatic carbocycles. The number of nitriles is 1. The molecule has 1 fully saturated rings. The smallest absolute Gasteiger partial charge is 0.229 e. The minimum Gasteiger partial charge on any atom is -0.326 e. The van der Waals surface area contributed by atoms with Crippen LogP contribution in [0.5, 0.6) is 0 Å². The predicted octanol–water partition coefficient (Wildman–Crippen LogP) is 3.34. The number of carbonyl (C=O) groups excluding carboxylic acids is 2. The molecule has 126 valence electrons. The van der Waals surface area contributed by atoms with E-state index in [9.17, 15) is 14.0 Å². The van der Waals surface area contributed by atoms with Gasteiger partial charge in [-0.1, -0.05) is 11.6 Å². The average Bonchev–Trinajstić information content (AvgIpc) is 3.00. The minimum absolute atomic E-state index is 0.0838. The Morgan fingerprint density at radius 1 is 1.28 bits per heavy atom. The summed E-state index contributed by atoms with van der Waals surface area (Å²) < 4.78 is 13.2. The van der Waals surface area contributed by atoms with Gasteiger partial charge in [0.2, 0.25) is 11.8 Å². The van der Waals surface area contributed by atoms with Gasteiger partial charge in [0.15, 0.2) is 0 Å². The molecule has 3 rings (SSSR count). The summed E-state index contributed by atoms with van der Waals surface area (Å²) in [6.45, 7) is 0.242. The SMILES string of the molecule is N#Cc1ccc(N2CC(C(=O)Nc3ccc(F)c(Cl)c3)CC2=O)cc1. The van der Waals surface area contributed by atoms with E-state index < -0.39 is 11.7 Å². The van der Waals surface area contributed by atoms with Crippen LogP contribution < -0.4 is 10.2 Å². The number of hydrogen-bond acceptors (Lipinski definition) is 3. The van der Waals surface area contributed by atoms with Crippen molar-refractivity contribution in [1.29, 1.82) is 5.26 Å². The molecular formula is C18H13ClFN3O2. The van der Waals surface area contributed by atoms with Crippen LogP contribution in [0, 0.1) is 23.1 Å². The maximum Gasteiger partial charge on any atom is 0.229 e. The zero-order chi connectivity index (χ0) is 18.0. The normalized spacial score (nSPS) is 16.6. The Labute approximate surface area is 148 Å². The number of anilines is 2. The molecule has 2 aromatic rings. The van der Waals surface area contributed by atoms with E-state index in [0.29, 0.717) is 16.9 Å². The summed E-state index contributed by atoms with van der Waals surface area (Å²) in [7, 11) is 0. The number of rotatable bonds is 3. The second-order valence-corrected chi connectivity index (χ2v) is 6.09. The number of halogens is 2. The molecule has 0 aromatic heterocycles. The van der Waals surface area contributed by atoms with E-state index in [1.54, 1.807) is 24.3 Å². The predicted molar refractivity (Wildman–Crippen MR) is 91.7 cm³/mol. The lowest BCUT2D eigenvalue weighted by atomic mass is 10.1. The Morgan fingerprint density at radius 3 is 2.64 bits per heavy atom. The van der Waals surface area contributed by atoms with E-state index in [-0.39, 0.29) is 29.8 Å². The largest absolute Gasteiger partial charge is 0.326 e. The summed E-state index contributed by atoms with van der Waals surface area (Å²) >= 11 is 5.70. The van der Waals surface area contributed by atoms with Crippen molar-refractivity contribution >= 4 is 34.8 Å². The Bertz CT molecular complexity index is 877. The highest BCUT2D eigenvalue weighted by molar-refractivity contribution is 6.31. The summed E-state index contributed by atoms with van der Waals surface area (Å²) in [5, 5.41) is 11.4. The van der Waals surface area contributed by atoms with Gasteiger partial charge in [-0.25, -0.2) is 4.39 Å². The molecule has 1 saturated heterocycles. The molecule has 1 unspecified atom stereocenters. The van der Waals surface area contributed by atoms with E-state index in [1.807, 2.05) is 6.07 Å². The Hall–Kier alpha value is -2.91. The highest BCUT2D eigenvalue weighted by atomic mass is 35.5. The van der Waals surface area contributed by atoms with Crippen LogP contribution in [-0.4, -0.2) is 18.4 Å². The third-order valence-corrected chi connectivity index (χ3v) is 4.28. The van der Waals surface area contributed by atoms with Crippen molar-refractivity contribution in [2.45, 2.75) is 6.42 Å². The molecule has 2 amide bonds. The summed E-state index contributed by atoms with van der Waals surface area (Å²) in [6, 6.07) is 12.5. The molecule has 1 aliphatic heterocycles. The fourth-order valence-corrected chi connectivity index (χ4v) is 2.85. The minimum atomic E-state index is -0.567. The summed E-state index contributed by atoms with van der Waals surface area (Å²) in [5.74, 6) is -1.58. The average molecular weight is 358 g/mol. The molecule has 0 saturated carbocycles. The Kier molecular flexibility index (Phi) is 4.68. The summed E-state index contributed by atoms with van der Waals surface area (Å²) in [5.41, 5.74) is 1.52. The second kappa shape index (κ2) is 6.91. The first kappa shape index (κ1) is 16.9. The van der Waals surface area contributed by atoms with Crippen LogP contribution in [0.4, 0.5) is 15.8 Å². The first-order valence-electron chi connectivity index (χ1n) is 7.54. The molecule has 1 heterocycles. The Morgan fingerprint density at radius 2 is 2.00 bits per heavy atom. The van der Waals surface area contributed by atoms with Crippen LogP contribution >= 0.6 is 11.6 Å². The highest BCUT2D eigenvalue weighted by Gasteiger charge is 2.35. The van der Waals surface area contributed by atoms with E-state index in [1.165, 1.54) is 23.1 Å². The van der Waals surface area contributed by atoms with Crippen molar-refractivity contribution in [2.24, 2.45) is 5.92 Å². The third kappa shape index (κ3) is 3.62. The molecule has 1 atom stereocenters. The maximum atomic E-state index is 13.2. The number of carbonyl (C=O) groups is 2. The van der Waals surface area contributed by atoms with Crippen molar-refractivity contribution in [3.05, 3.63) is 58.9 Å². The van der Waals surface area contributed by atoms with Crippen LogP contribution in [0.25, 0.3) is 0 Å². The van der Waals surface area contributed by atoms with Crippen LogP contribution in [0.15, 0.2) is 42.5 Å². The van der Waals surface area contributed by atoms with Gasteiger partial charge in [-0.3, -0.25) is 9.59 Å². The fourth-order valence-electron chi connectivity index (χ4n) is 2.67. The number of nitrogens with one attached hydrogen (secondary N) is 1. The molecule has 0 bridgehead atoms. The van der Waals surface area contributed by atoms with Gasteiger partial charge in [0.25, 0.3) is 0 Å². The Balaban J connectivity index is 1.69. The molecule has 25 heavy (non-hydrogen) atoms. The quantitative estimate of drug-likeness (QED) is 0.915. The zero-order valence-electron chi connectivity index (χ0n) is 13.0. The first-order chi connectivity index (χ1) is 12.0. The molecule has 5 nitrogen and oxygen atoms in total. The molecule has 7 heteroatoms. The summed E-state index contributed by atoms with van der Waals surface area (Å²) in [6.07, 6.45) is 0.0841. The lowest BCUT2D eigenvalue weighted by Crippen LogP contribution is -2.28. The fraction of sp³-hybridized carbons (Fsp3) is 0.167. The van der Waals surface area contributed by atoms with Gasteiger partial charge >= 0.3 is 0 Å². The third-order valence-electron chi connectivity index (χ3n) is 3.99. The lowest BCUT2D eigenvalue weighted by Gasteiger charge is -2.16. The van der Waals surface area contributed by atoms with Gasteiger partial charge < -0.3 is 10.2 Å². The monoisotopic (exact) mass is 357 g/mol. The van der Waals surface area contributed by atoms with E-state index >= 15 is 0 Å². The molecular weight excluding hydrogens is 345 g/mol.